The zero-order chi connectivity index (χ0) is 14.8. The van der Waals surface area contributed by atoms with E-state index in [2.05, 4.69) is 11.1 Å². The van der Waals surface area contributed by atoms with Crippen LogP contribution in [0.2, 0.25) is 0 Å². The molecule has 0 spiro atoms. The van der Waals surface area contributed by atoms with Crippen molar-refractivity contribution < 1.29 is 4.92 Å². The molecule has 0 aliphatic rings. The molecule has 3 aromatic rings. The molecule has 0 saturated carbocycles. The number of fused-ring (bicyclic) bond motifs is 1. The number of para-hydroxylation sites is 2. The fourth-order valence-electron chi connectivity index (χ4n) is 2.48. The largest absolute Gasteiger partial charge is 0.272 e. The molecule has 0 atom stereocenters. The third kappa shape index (κ3) is 2.60. The van der Waals surface area contributed by atoms with Crippen LogP contribution in [0, 0.1) is 17.0 Å². The van der Waals surface area contributed by atoms with Crippen LogP contribution in [0.1, 0.15) is 16.8 Å². The minimum absolute atomic E-state index is 0.157. The van der Waals surface area contributed by atoms with E-state index in [9.17, 15) is 10.1 Å². The summed E-state index contributed by atoms with van der Waals surface area (Å²) >= 11 is 0. The number of nitrogens with zero attached hydrogens (tertiary/aromatic N) is 2. The molecule has 1 heterocycles. The smallest absolute Gasteiger partial charge is 0.258 e. The van der Waals surface area contributed by atoms with Gasteiger partial charge >= 0.3 is 0 Å². The number of aryl methyl sites for hydroxylation is 1. The van der Waals surface area contributed by atoms with E-state index in [1.165, 1.54) is 0 Å². The summed E-state index contributed by atoms with van der Waals surface area (Å²) in [5.41, 5.74) is 3.74. The number of nitro groups is 1. The van der Waals surface area contributed by atoms with Gasteiger partial charge in [-0.05, 0) is 24.6 Å². The van der Waals surface area contributed by atoms with Gasteiger partial charge in [0.05, 0.1) is 10.4 Å². The first-order chi connectivity index (χ1) is 10.1. The molecule has 0 fully saturated rings. The lowest BCUT2D eigenvalue weighted by Gasteiger charge is -2.08. The summed E-state index contributed by atoms with van der Waals surface area (Å²) in [4.78, 5) is 15.3. The first kappa shape index (κ1) is 13.2. The van der Waals surface area contributed by atoms with Crippen LogP contribution in [-0.4, -0.2) is 9.91 Å². The Labute approximate surface area is 122 Å². The van der Waals surface area contributed by atoms with Crippen LogP contribution in [0.3, 0.4) is 0 Å². The van der Waals surface area contributed by atoms with E-state index >= 15 is 0 Å². The van der Waals surface area contributed by atoms with Crippen molar-refractivity contribution in [2.45, 2.75) is 13.3 Å². The number of hydrogen-bond acceptors (Lipinski definition) is 3. The topological polar surface area (TPSA) is 56.0 Å². The maximum Gasteiger partial charge on any atom is 0.272 e. The Hall–Kier alpha value is -2.75. The predicted octanol–water partition coefficient (Wildman–Crippen LogP) is 4.04. The lowest BCUT2D eigenvalue weighted by atomic mass is 10.0. The Balaban J connectivity index is 2.06. The summed E-state index contributed by atoms with van der Waals surface area (Å²) in [7, 11) is 0. The number of aromatic nitrogens is 1. The SMILES string of the molecule is Cc1nc2ccccc2cc1Cc1ccccc1[N+](=O)[O-]. The van der Waals surface area contributed by atoms with Gasteiger partial charge in [0.15, 0.2) is 0 Å². The molecule has 0 saturated heterocycles. The average Bonchev–Trinajstić information content (AvgIpc) is 2.48. The summed E-state index contributed by atoms with van der Waals surface area (Å²) in [6.07, 6.45) is 0.515. The van der Waals surface area contributed by atoms with Gasteiger partial charge in [0.1, 0.15) is 0 Å². The fraction of sp³-hybridized carbons (Fsp3) is 0.118. The predicted molar refractivity (Wildman–Crippen MR) is 82.4 cm³/mol. The van der Waals surface area contributed by atoms with E-state index in [0.717, 1.165) is 22.2 Å². The molecule has 0 N–H and O–H groups in total. The Morgan fingerprint density at radius 3 is 2.57 bits per heavy atom. The molecule has 1 aromatic heterocycles. The molecule has 2 aromatic carbocycles. The van der Waals surface area contributed by atoms with Crippen molar-refractivity contribution in [3.63, 3.8) is 0 Å². The van der Waals surface area contributed by atoms with Crippen LogP contribution < -0.4 is 0 Å². The zero-order valence-electron chi connectivity index (χ0n) is 11.6. The molecule has 0 bridgehead atoms. The maximum absolute atomic E-state index is 11.1. The normalized spacial score (nSPS) is 10.7. The number of pyridine rings is 1. The summed E-state index contributed by atoms with van der Waals surface area (Å²) in [5, 5.41) is 12.2. The molecular formula is C17H14N2O2. The minimum Gasteiger partial charge on any atom is -0.258 e. The number of hydrogen-bond donors (Lipinski definition) is 0. The number of benzene rings is 2. The molecule has 4 heteroatoms. The highest BCUT2D eigenvalue weighted by Gasteiger charge is 2.14. The Morgan fingerprint density at radius 2 is 1.76 bits per heavy atom. The standard InChI is InChI=1S/C17H14N2O2/c1-12-15(10-13-6-2-4-8-16(13)18-12)11-14-7-3-5-9-17(14)19(20)21/h2-10H,11H2,1H3. The van der Waals surface area contributed by atoms with Crippen molar-refractivity contribution in [2.75, 3.05) is 0 Å². The summed E-state index contributed by atoms with van der Waals surface area (Å²) in [6.45, 7) is 1.94. The van der Waals surface area contributed by atoms with Crippen LogP contribution >= 0.6 is 0 Å². The van der Waals surface area contributed by atoms with Gasteiger partial charge in [0.25, 0.3) is 5.69 Å². The monoisotopic (exact) mass is 278 g/mol. The van der Waals surface area contributed by atoms with E-state index in [0.29, 0.717) is 12.0 Å². The van der Waals surface area contributed by atoms with Gasteiger partial charge in [-0.25, -0.2) is 0 Å². The van der Waals surface area contributed by atoms with Crippen molar-refractivity contribution in [1.82, 2.24) is 4.98 Å². The average molecular weight is 278 g/mol. The van der Waals surface area contributed by atoms with Gasteiger partial charge in [-0.2, -0.15) is 0 Å². The third-order valence-corrected chi connectivity index (χ3v) is 3.59. The molecule has 104 valence electrons. The molecule has 0 amide bonds. The van der Waals surface area contributed by atoms with Gasteiger partial charge in [0.2, 0.25) is 0 Å². The van der Waals surface area contributed by atoms with Gasteiger partial charge in [-0.15, -0.1) is 0 Å². The van der Waals surface area contributed by atoms with E-state index in [1.807, 2.05) is 37.3 Å². The number of rotatable bonds is 3. The Bertz CT molecular complexity index is 828. The Morgan fingerprint density at radius 1 is 1.05 bits per heavy atom. The molecule has 0 aliphatic carbocycles. The van der Waals surface area contributed by atoms with Gasteiger partial charge in [0, 0.05) is 29.1 Å². The molecule has 0 aliphatic heterocycles. The van der Waals surface area contributed by atoms with Gasteiger partial charge in [-0.3, -0.25) is 15.1 Å². The summed E-state index contributed by atoms with van der Waals surface area (Å²) < 4.78 is 0. The van der Waals surface area contributed by atoms with Crippen molar-refractivity contribution >= 4 is 16.6 Å². The lowest BCUT2D eigenvalue weighted by Crippen LogP contribution is -1.99. The minimum atomic E-state index is -0.334. The van der Waals surface area contributed by atoms with E-state index in [4.69, 9.17) is 0 Å². The van der Waals surface area contributed by atoms with Crippen molar-refractivity contribution in [1.29, 1.82) is 0 Å². The van der Waals surface area contributed by atoms with Crippen molar-refractivity contribution in [2.24, 2.45) is 0 Å². The van der Waals surface area contributed by atoms with Crippen molar-refractivity contribution in [3.8, 4) is 0 Å². The summed E-state index contributed by atoms with van der Waals surface area (Å²) in [5.74, 6) is 0. The second-order valence-corrected chi connectivity index (χ2v) is 4.99. The third-order valence-electron chi connectivity index (χ3n) is 3.59. The molecule has 0 radical (unpaired) electrons. The van der Waals surface area contributed by atoms with E-state index < -0.39 is 0 Å². The van der Waals surface area contributed by atoms with Crippen molar-refractivity contribution in [3.05, 3.63) is 81.5 Å². The highest BCUT2D eigenvalue weighted by atomic mass is 16.6. The van der Waals surface area contributed by atoms with Gasteiger partial charge in [-0.1, -0.05) is 36.4 Å². The quantitative estimate of drug-likeness (QED) is 0.536. The zero-order valence-corrected chi connectivity index (χ0v) is 11.6. The fourth-order valence-corrected chi connectivity index (χ4v) is 2.48. The van der Waals surface area contributed by atoms with Gasteiger partial charge < -0.3 is 0 Å². The van der Waals surface area contributed by atoms with E-state index in [-0.39, 0.29) is 10.6 Å². The highest BCUT2D eigenvalue weighted by molar-refractivity contribution is 5.79. The molecule has 3 rings (SSSR count). The van der Waals surface area contributed by atoms with E-state index in [1.54, 1.807) is 18.2 Å². The molecular weight excluding hydrogens is 264 g/mol. The summed E-state index contributed by atoms with van der Waals surface area (Å²) in [6, 6.07) is 16.8. The molecule has 0 unspecified atom stereocenters. The van der Waals surface area contributed by atoms with Crippen LogP contribution in [0.4, 0.5) is 5.69 Å². The second kappa shape index (κ2) is 5.32. The second-order valence-electron chi connectivity index (χ2n) is 4.99. The molecule has 21 heavy (non-hydrogen) atoms. The maximum atomic E-state index is 11.1. The highest BCUT2D eigenvalue weighted by Crippen LogP contribution is 2.24. The first-order valence-electron chi connectivity index (χ1n) is 6.73. The number of nitro benzene ring substituents is 1. The van der Waals surface area contributed by atoms with Crippen LogP contribution in [0.15, 0.2) is 54.6 Å². The Kier molecular flexibility index (Phi) is 3.36. The van der Waals surface area contributed by atoms with Crippen LogP contribution in [0.5, 0.6) is 0 Å². The van der Waals surface area contributed by atoms with Crippen LogP contribution in [0.25, 0.3) is 10.9 Å². The first-order valence-corrected chi connectivity index (χ1v) is 6.73. The van der Waals surface area contributed by atoms with Crippen LogP contribution in [-0.2, 0) is 6.42 Å². The lowest BCUT2D eigenvalue weighted by molar-refractivity contribution is -0.385. The molecule has 4 nitrogen and oxygen atoms in total.